The van der Waals surface area contributed by atoms with Gasteiger partial charge in [0.2, 0.25) is 0 Å². The van der Waals surface area contributed by atoms with Crippen LogP contribution in [0.25, 0.3) is 11.2 Å². The normalized spacial score (nSPS) is 14.9. The van der Waals surface area contributed by atoms with Gasteiger partial charge in [0, 0.05) is 18.0 Å². The molecule has 18 heavy (non-hydrogen) atoms. The molecule has 0 spiro atoms. The Labute approximate surface area is 117 Å². The van der Waals surface area contributed by atoms with E-state index in [1.165, 1.54) is 0 Å². The lowest BCUT2D eigenvalue weighted by molar-refractivity contribution is 0.660. The molecule has 2 rings (SSSR count). The van der Waals surface area contributed by atoms with Crippen LogP contribution in [0.3, 0.4) is 0 Å². The summed E-state index contributed by atoms with van der Waals surface area (Å²) in [4.78, 5) is 9.12. The molecule has 0 amide bonds. The summed E-state index contributed by atoms with van der Waals surface area (Å²) in [6.07, 6.45) is 3.95. The van der Waals surface area contributed by atoms with Crippen LogP contribution >= 0.6 is 23.4 Å². The fourth-order valence-electron chi connectivity index (χ4n) is 1.97. The van der Waals surface area contributed by atoms with Crippen LogP contribution in [-0.4, -0.2) is 26.0 Å². The van der Waals surface area contributed by atoms with Gasteiger partial charge in [-0.15, -0.1) is 11.6 Å². The van der Waals surface area contributed by atoms with Gasteiger partial charge in [0.15, 0.2) is 5.65 Å². The van der Waals surface area contributed by atoms with E-state index in [9.17, 15) is 0 Å². The summed E-state index contributed by atoms with van der Waals surface area (Å²) in [6.45, 7) is 7.11. The number of hydrogen-bond acceptors (Lipinski definition) is 3. The Balaban J connectivity index is 2.59. The highest BCUT2D eigenvalue weighted by atomic mass is 35.5. The maximum Gasteiger partial charge on any atom is 0.160 e. The molecule has 3 nitrogen and oxygen atoms in total. The van der Waals surface area contributed by atoms with Crippen LogP contribution in [0.15, 0.2) is 12.3 Å². The number of rotatable bonds is 4. The van der Waals surface area contributed by atoms with Crippen molar-refractivity contribution in [3.63, 3.8) is 0 Å². The number of fused-ring (bicyclic) bond motifs is 1. The number of thioether (sulfide) groups is 1. The molecule has 0 saturated heterocycles. The maximum absolute atomic E-state index is 6.24. The van der Waals surface area contributed by atoms with Crippen LogP contribution < -0.4 is 0 Å². The van der Waals surface area contributed by atoms with Gasteiger partial charge in [0.25, 0.3) is 0 Å². The third kappa shape index (κ3) is 2.50. The van der Waals surface area contributed by atoms with Gasteiger partial charge in [0.1, 0.15) is 11.3 Å². The monoisotopic (exact) mass is 283 g/mol. The summed E-state index contributed by atoms with van der Waals surface area (Å²) >= 11 is 8.08. The summed E-state index contributed by atoms with van der Waals surface area (Å²) in [6, 6.07) is 1.99. The molecule has 0 aliphatic carbocycles. The fourth-order valence-corrected chi connectivity index (χ4v) is 2.44. The van der Waals surface area contributed by atoms with Gasteiger partial charge in [-0.25, -0.2) is 9.97 Å². The van der Waals surface area contributed by atoms with Crippen LogP contribution in [0.5, 0.6) is 0 Å². The second-order valence-electron chi connectivity index (χ2n) is 4.54. The van der Waals surface area contributed by atoms with E-state index in [-0.39, 0.29) is 5.38 Å². The predicted molar refractivity (Wildman–Crippen MR) is 79.5 cm³/mol. The highest BCUT2D eigenvalue weighted by Crippen LogP contribution is 2.26. The van der Waals surface area contributed by atoms with Gasteiger partial charge >= 0.3 is 0 Å². The van der Waals surface area contributed by atoms with Gasteiger partial charge in [-0.3, -0.25) is 0 Å². The third-order valence-corrected chi connectivity index (χ3v) is 4.21. The fraction of sp³-hybridized carbons (Fsp3) is 0.538. The van der Waals surface area contributed by atoms with Crippen LogP contribution in [-0.2, 0) is 6.54 Å². The Hall–Kier alpha value is -0.740. The van der Waals surface area contributed by atoms with Crippen molar-refractivity contribution in [1.82, 2.24) is 14.5 Å². The smallest absolute Gasteiger partial charge is 0.160 e. The first kappa shape index (κ1) is 13.7. The number of alkyl halides is 1. The molecular weight excluding hydrogens is 266 g/mol. The molecule has 0 bridgehead atoms. The summed E-state index contributed by atoms with van der Waals surface area (Å²) in [5, 5.41) is 0.409. The molecule has 2 unspecified atom stereocenters. The molecule has 2 heterocycles. The van der Waals surface area contributed by atoms with Crippen molar-refractivity contribution in [3.05, 3.63) is 23.7 Å². The lowest BCUT2D eigenvalue weighted by atomic mass is 10.3. The van der Waals surface area contributed by atoms with Crippen LogP contribution in [0, 0.1) is 6.92 Å². The molecule has 5 heteroatoms. The zero-order valence-corrected chi connectivity index (χ0v) is 12.7. The molecule has 2 aromatic rings. The zero-order valence-electron chi connectivity index (χ0n) is 11.1. The standard InChI is InChI=1S/C13H18ClN3S/c1-8-5-6-15-13-11(8)16-12(10(3)14)17(13)7-9(2)18-4/h5-6,9-10H,7H2,1-4H3. The zero-order chi connectivity index (χ0) is 13.3. The second-order valence-corrected chi connectivity index (χ2v) is 6.47. The Bertz CT molecular complexity index is 550. The first-order chi connectivity index (χ1) is 8.54. The Morgan fingerprint density at radius 3 is 2.78 bits per heavy atom. The van der Waals surface area contributed by atoms with Crippen molar-refractivity contribution in [3.8, 4) is 0 Å². The molecule has 0 aromatic carbocycles. The molecule has 0 N–H and O–H groups in total. The maximum atomic E-state index is 6.24. The van der Waals surface area contributed by atoms with Crippen molar-refractivity contribution in [2.45, 2.75) is 37.9 Å². The summed E-state index contributed by atoms with van der Waals surface area (Å²) in [5.74, 6) is 0.911. The molecule has 0 radical (unpaired) electrons. The van der Waals surface area contributed by atoms with E-state index in [2.05, 4.69) is 34.6 Å². The minimum atomic E-state index is -0.104. The lowest BCUT2D eigenvalue weighted by Crippen LogP contribution is -2.13. The Kier molecular flexibility index (Phi) is 4.17. The minimum Gasteiger partial charge on any atom is -0.310 e. The molecule has 2 atom stereocenters. The lowest BCUT2D eigenvalue weighted by Gasteiger charge is -2.13. The van der Waals surface area contributed by atoms with E-state index in [1.807, 2.05) is 30.9 Å². The molecule has 0 aliphatic rings. The highest BCUT2D eigenvalue weighted by Gasteiger charge is 2.18. The van der Waals surface area contributed by atoms with E-state index in [1.54, 1.807) is 0 Å². The molecule has 0 fully saturated rings. The average Bonchev–Trinajstić information content (AvgIpc) is 2.70. The van der Waals surface area contributed by atoms with E-state index < -0.39 is 0 Å². The molecule has 0 saturated carbocycles. The first-order valence-electron chi connectivity index (χ1n) is 6.03. The number of nitrogens with zero attached hydrogens (tertiary/aromatic N) is 3. The Morgan fingerprint density at radius 2 is 2.17 bits per heavy atom. The largest absolute Gasteiger partial charge is 0.310 e. The van der Waals surface area contributed by atoms with Crippen molar-refractivity contribution in [2.24, 2.45) is 0 Å². The number of halogens is 1. The predicted octanol–water partition coefficient (Wildman–Crippen LogP) is 3.79. The van der Waals surface area contributed by atoms with Gasteiger partial charge in [0.05, 0.1) is 5.38 Å². The van der Waals surface area contributed by atoms with E-state index >= 15 is 0 Å². The van der Waals surface area contributed by atoms with E-state index in [0.717, 1.165) is 29.1 Å². The number of aromatic nitrogens is 3. The molecule has 0 aliphatic heterocycles. The first-order valence-corrected chi connectivity index (χ1v) is 7.75. The number of pyridine rings is 1. The Morgan fingerprint density at radius 1 is 1.44 bits per heavy atom. The van der Waals surface area contributed by atoms with Gasteiger partial charge in [-0.2, -0.15) is 11.8 Å². The van der Waals surface area contributed by atoms with Crippen LogP contribution in [0.2, 0.25) is 0 Å². The van der Waals surface area contributed by atoms with Crippen LogP contribution in [0.1, 0.15) is 30.6 Å². The van der Waals surface area contributed by atoms with Gasteiger partial charge in [-0.05, 0) is 31.7 Å². The van der Waals surface area contributed by atoms with E-state index in [0.29, 0.717) is 5.25 Å². The van der Waals surface area contributed by atoms with Crippen molar-refractivity contribution >= 4 is 34.5 Å². The summed E-state index contributed by atoms with van der Waals surface area (Å²) in [5.41, 5.74) is 3.06. The average molecular weight is 284 g/mol. The topological polar surface area (TPSA) is 30.7 Å². The van der Waals surface area contributed by atoms with Crippen molar-refractivity contribution < 1.29 is 0 Å². The second kappa shape index (κ2) is 5.49. The van der Waals surface area contributed by atoms with Crippen molar-refractivity contribution in [1.29, 1.82) is 0 Å². The van der Waals surface area contributed by atoms with Crippen LogP contribution in [0.4, 0.5) is 0 Å². The summed E-state index contributed by atoms with van der Waals surface area (Å²) in [7, 11) is 0. The SMILES string of the molecule is CSC(C)Cn1c(C(C)Cl)nc2c(C)ccnc21. The highest BCUT2D eigenvalue weighted by molar-refractivity contribution is 7.99. The van der Waals surface area contributed by atoms with Crippen molar-refractivity contribution in [2.75, 3.05) is 6.26 Å². The minimum absolute atomic E-state index is 0.104. The molecular formula is C13H18ClN3S. The molecule has 98 valence electrons. The quantitative estimate of drug-likeness (QED) is 0.800. The number of imidazole rings is 1. The third-order valence-electron chi connectivity index (χ3n) is 3.06. The number of aryl methyl sites for hydroxylation is 1. The summed E-state index contributed by atoms with van der Waals surface area (Å²) < 4.78 is 2.15. The van der Waals surface area contributed by atoms with Gasteiger partial charge < -0.3 is 4.57 Å². The van der Waals surface area contributed by atoms with E-state index in [4.69, 9.17) is 11.6 Å². The van der Waals surface area contributed by atoms with Gasteiger partial charge in [-0.1, -0.05) is 6.92 Å². The molecule has 2 aromatic heterocycles. The number of hydrogen-bond donors (Lipinski definition) is 0.